The number of nitrogens with zero attached hydrogens (tertiary/aromatic N) is 1. The van der Waals surface area contributed by atoms with Gasteiger partial charge < -0.3 is 20.1 Å². The van der Waals surface area contributed by atoms with E-state index in [1.165, 1.54) is 43.8 Å². The molecule has 0 saturated carbocycles. The molecule has 13 heteroatoms. The fourth-order valence-corrected chi connectivity index (χ4v) is 3.43. The Morgan fingerprint density at radius 1 is 0.917 bits per heavy atom. The molecule has 190 valence electrons. The fraction of sp³-hybridized carbons (Fsp3) is 0.217. The number of ketones is 1. The van der Waals surface area contributed by atoms with Crippen molar-refractivity contribution in [3.63, 3.8) is 0 Å². The second kappa shape index (κ2) is 14.0. The number of esters is 2. The van der Waals surface area contributed by atoms with Gasteiger partial charge in [-0.05, 0) is 42.5 Å². The lowest BCUT2D eigenvalue weighted by atomic mass is 10.1. The smallest absolute Gasteiger partial charge is 0.340 e. The quantitative estimate of drug-likeness (QED) is 0.130. The third-order valence-corrected chi connectivity index (χ3v) is 5.70. The van der Waals surface area contributed by atoms with Gasteiger partial charge in [-0.2, -0.15) is 5.10 Å². The van der Waals surface area contributed by atoms with Crippen LogP contribution in [0.2, 0.25) is 0 Å². The molecule has 0 heterocycles. The Bertz CT molecular complexity index is 1190. The summed E-state index contributed by atoms with van der Waals surface area (Å²) in [5, 5.41) is 9.15. The third-order valence-electron chi connectivity index (χ3n) is 4.56. The average molecular weight is 533 g/mol. The number of amides is 2. The zero-order chi connectivity index (χ0) is 26.7. The molecule has 1 atom stereocenters. The summed E-state index contributed by atoms with van der Waals surface area (Å²) < 4.78 is 9.39. The van der Waals surface area contributed by atoms with E-state index in [0.717, 1.165) is 6.92 Å². The van der Waals surface area contributed by atoms with Crippen LogP contribution in [0.3, 0.4) is 0 Å². The van der Waals surface area contributed by atoms with E-state index >= 15 is 0 Å². The number of methoxy groups -OCH3 is 2. The van der Waals surface area contributed by atoms with Crippen LogP contribution in [0.4, 0.5) is 17.1 Å². The first-order chi connectivity index (χ1) is 17.2. The van der Waals surface area contributed by atoms with Crippen molar-refractivity contribution in [2.24, 2.45) is 5.10 Å². The SMILES string of the molecule is COC(=O)c1ccc(C(=O)OC)c(N/N=C(/C(C)=O)C(=O)Nc2ccc(NC(=O)CCSP)cc2)c1. The Kier molecular flexibility index (Phi) is 11.0. The maximum Gasteiger partial charge on any atom is 0.340 e. The standard InChI is InChI=1S/C23H25N4O7PS/c1-13(28)20(21(30)25-16-7-5-15(6-8-16)24-19(29)10-11-36-35)27-26-18-12-14(22(31)33-2)4-9-17(18)23(32)34-3/h4-9,12,26H,10-11,35H2,1-3H3,(H,24,29)(H,25,30)/b27-20-. The molecule has 0 aliphatic rings. The van der Waals surface area contributed by atoms with Gasteiger partial charge in [-0.25, -0.2) is 9.59 Å². The first-order valence-electron chi connectivity index (χ1n) is 10.4. The molecule has 2 aromatic carbocycles. The zero-order valence-corrected chi connectivity index (χ0v) is 21.7. The predicted molar refractivity (Wildman–Crippen MR) is 141 cm³/mol. The number of nitrogens with one attached hydrogen (secondary N) is 3. The fourth-order valence-electron chi connectivity index (χ4n) is 2.78. The van der Waals surface area contributed by atoms with E-state index in [4.69, 9.17) is 4.74 Å². The van der Waals surface area contributed by atoms with E-state index < -0.39 is 29.3 Å². The molecule has 0 spiro atoms. The van der Waals surface area contributed by atoms with E-state index in [9.17, 15) is 24.0 Å². The van der Waals surface area contributed by atoms with Gasteiger partial charge in [0.1, 0.15) is 0 Å². The van der Waals surface area contributed by atoms with Crippen molar-refractivity contribution in [3.8, 4) is 0 Å². The number of hydrogen-bond acceptors (Lipinski definition) is 10. The van der Waals surface area contributed by atoms with Crippen molar-refractivity contribution in [2.75, 3.05) is 36.0 Å². The lowest BCUT2D eigenvalue weighted by Gasteiger charge is -2.11. The monoisotopic (exact) mass is 532 g/mol. The number of hydrogen-bond donors (Lipinski definition) is 3. The molecule has 0 fully saturated rings. The Morgan fingerprint density at radius 3 is 2.08 bits per heavy atom. The second-order valence-corrected chi connectivity index (χ2v) is 8.81. The molecule has 2 rings (SSSR count). The third kappa shape index (κ3) is 8.17. The van der Waals surface area contributed by atoms with Crippen LogP contribution < -0.4 is 16.1 Å². The van der Waals surface area contributed by atoms with Crippen LogP contribution in [-0.4, -0.2) is 55.2 Å². The van der Waals surface area contributed by atoms with Crippen LogP contribution in [0.25, 0.3) is 0 Å². The molecule has 2 aromatic rings. The molecule has 0 aromatic heterocycles. The van der Waals surface area contributed by atoms with Crippen molar-refractivity contribution in [1.82, 2.24) is 0 Å². The summed E-state index contributed by atoms with van der Waals surface area (Å²) in [4.78, 5) is 60.6. The summed E-state index contributed by atoms with van der Waals surface area (Å²) >= 11 is 1.48. The number of hydrazone groups is 1. The highest BCUT2D eigenvalue weighted by Crippen LogP contribution is 2.20. The molecule has 36 heavy (non-hydrogen) atoms. The van der Waals surface area contributed by atoms with Gasteiger partial charge in [0.25, 0.3) is 5.91 Å². The maximum absolute atomic E-state index is 12.7. The van der Waals surface area contributed by atoms with Gasteiger partial charge in [0, 0.05) is 30.5 Å². The van der Waals surface area contributed by atoms with Crippen LogP contribution >= 0.6 is 19.8 Å². The van der Waals surface area contributed by atoms with Gasteiger partial charge >= 0.3 is 11.9 Å². The minimum absolute atomic E-state index is 0.0196. The van der Waals surface area contributed by atoms with Crippen molar-refractivity contribution < 1.29 is 33.4 Å². The van der Waals surface area contributed by atoms with Gasteiger partial charge in [-0.3, -0.25) is 19.8 Å². The summed E-state index contributed by atoms with van der Waals surface area (Å²) in [6, 6.07) is 10.3. The number of carbonyl (C=O) groups excluding carboxylic acids is 5. The van der Waals surface area contributed by atoms with Crippen LogP contribution in [-0.2, 0) is 23.9 Å². The molecule has 0 saturated heterocycles. The highest BCUT2D eigenvalue weighted by molar-refractivity contribution is 8.43. The van der Waals surface area contributed by atoms with Crippen LogP contribution in [0.15, 0.2) is 47.6 Å². The zero-order valence-electron chi connectivity index (χ0n) is 19.7. The minimum Gasteiger partial charge on any atom is -0.465 e. The molecule has 0 aliphatic heterocycles. The molecular formula is C23H25N4O7PS. The number of Topliss-reactive ketones (excluding diaryl/α,β-unsaturated/α-hetero) is 1. The summed E-state index contributed by atoms with van der Waals surface area (Å²) in [5.74, 6) is -2.32. The summed E-state index contributed by atoms with van der Waals surface area (Å²) in [5.41, 5.74) is 3.06. The number of benzene rings is 2. The first kappa shape index (κ1) is 28.5. The van der Waals surface area contributed by atoms with Crippen molar-refractivity contribution in [1.29, 1.82) is 0 Å². The normalized spacial score (nSPS) is 10.7. The predicted octanol–water partition coefficient (Wildman–Crippen LogP) is 3.11. The maximum atomic E-state index is 12.7. The Morgan fingerprint density at radius 2 is 1.53 bits per heavy atom. The van der Waals surface area contributed by atoms with Gasteiger partial charge in [0.2, 0.25) is 5.91 Å². The van der Waals surface area contributed by atoms with Gasteiger partial charge in [0.05, 0.1) is 31.0 Å². The first-order valence-corrected chi connectivity index (χ1v) is 12.8. The molecular weight excluding hydrogens is 507 g/mol. The number of carbonyl (C=O) groups is 5. The Labute approximate surface area is 213 Å². The highest BCUT2D eigenvalue weighted by atomic mass is 32.7. The highest BCUT2D eigenvalue weighted by Gasteiger charge is 2.20. The van der Waals surface area contributed by atoms with Gasteiger partial charge in [-0.1, -0.05) is 8.44 Å². The summed E-state index contributed by atoms with van der Waals surface area (Å²) in [6.07, 6.45) is 0.359. The lowest BCUT2D eigenvalue weighted by Crippen LogP contribution is -2.29. The number of anilines is 3. The topological polar surface area (TPSA) is 152 Å². The molecule has 1 unspecified atom stereocenters. The lowest BCUT2D eigenvalue weighted by molar-refractivity contribution is -0.116. The molecule has 0 bridgehead atoms. The van der Waals surface area contributed by atoms with E-state index in [1.807, 2.05) is 0 Å². The van der Waals surface area contributed by atoms with Crippen LogP contribution in [0.1, 0.15) is 34.1 Å². The van der Waals surface area contributed by atoms with E-state index in [2.05, 4.69) is 34.3 Å². The molecule has 2 amide bonds. The molecule has 0 aliphatic carbocycles. The van der Waals surface area contributed by atoms with Crippen LogP contribution in [0, 0.1) is 0 Å². The largest absolute Gasteiger partial charge is 0.465 e. The van der Waals surface area contributed by atoms with Gasteiger partial charge in [-0.15, -0.1) is 11.4 Å². The van der Waals surface area contributed by atoms with E-state index in [1.54, 1.807) is 24.3 Å². The van der Waals surface area contributed by atoms with Crippen molar-refractivity contribution in [2.45, 2.75) is 13.3 Å². The van der Waals surface area contributed by atoms with Crippen molar-refractivity contribution in [3.05, 3.63) is 53.6 Å². The van der Waals surface area contributed by atoms with Gasteiger partial charge in [0.15, 0.2) is 11.5 Å². The Hall–Kier alpha value is -3.76. The number of rotatable bonds is 11. The number of ether oxygens (including phenoxy) is 2. The average Bonchev–Trinajstić information content (AvgIpc) is 2.87. The summed E-state index contributed by atoms with van der Waals surface area (Å²) in [6.45, 7) is 1.15. The van der Waals surface area contributed by atoms with E-state index in [0.29, 0.717) is 23.5 Å². The van der Waals surface area contributed by atoms with E-state index in [-0.39, 0.29) is 22.7 Å². The van der Waals surface area contributed by atoms with Crippen LogP contribution in [0.5, 0.6) is 0 Å². The molecule has 3 N–H and O–H groups in total. The second-order valence-electron chi connectivity index (χ2n) is 7.07. The molecule has 11 nitrogen and oxygen atoms in total. The minimum atomic E-state index is -0.812. The molecule has 0 radical (unpaired) electrons. The summed E-state index contributed by atoms with van der Waals surface area (Å²) in [7, 11) is 4.86. The Balaban J connectivity index is 2.21. The van der Waals surface area contributed by atoms with Crippen molar-refractivity contribution >= 4 is 72.1 Å².